The van der Waals surface area contributed by atoms with Crippen LogP contribution in [0.15, 0.2) is 23.8 Å². The van der Waals surface area contributed by atoms with Gasteiger partial charge < -0.3 is 35.1 Å². The second-order valence-electron chi connectivity index (χ2n) is 10.3. The second kappa shape index (κ2) is 11.1. The number of aromatic nitrogens is 8. The smallest absolute Gasteiger partial charge is 0.386 e. The molecule has 4 aromatic heterocycles. The molecule has 3 aliphatic rings. The van der Waals surface area contributed by atoms with Crippen molar-refractivity contribution in [3.8, 4) is 0 Å². The molecular formula is C21H26N10O10P2S. The Balaban J connectivity index is 1.18. The van der Waals surface area contributed by atoms with Crippen molar-refractivity contribution >= 4 is 61.4 Å². The van der Waals surface area contributed by atoms with E-state index in [0.29, 0.717) is 11.2 Å². The van der Waals surface area contributed by atoms with E-state index in [1.54, 1.807) is 11.5 Å². The van der Waals surface area contributed by atoms with Gasteiger partial charge in [-0.1, -0.05) is 19.2 Å². The van der Waals surface area contributed by atoms with Crippen LogP contribution in [0, 0.1) is 5.92 Å². The molecule has 44 heavy (non-hydrogen) atoms. The van der Waals surface area contributed by atoms with Gasteiger partial charge in [0.2, 0.25) is 5.95 Å². The minimum absolute atomic E-state index is 0.00726. The summed E-state index contributed by atoms with van der Waals surface area (Å²) in [5, 5.41) is 11.1. The standard InChI is InChI=1S/C21H26N10O10P2S/c1-7-13-9(39-19(7)30-5-26-10-15(22)24-4-25-16(10)30)3-37-43(35,44)41-14-12(32)8(2-36-42(34)40-13)38-20(14)31-6-27-11-17(31)28-21(23)29-18(11)33/h4-9,12-14,19-20,32,42H,2-3H2,1H3,(H,35,44)(H2,22,24,25)(H3,23,28,29,33)/t7-,8?,9-,12-,13+,14-,19-,20-,43-/m1/s1. The summed E-state index contributed by atoms with van der Waals surface area (Å²) in [7, 11) is -3.22. The predicted molar refractivity (Wildman–Crippen MR) is 153 cm³/mol. The molecule has 7 rings (SSSR count). The van der Waals surface area contributed by atoms with Gasteiger partial charge in [0, 0.05) is 5.92 Å². The number of aliphatic hydroxyl groups excluding tert-OH is 1. The number of nitrogen functional groups attached to an aromatic ring is 2. The Kier molecular flexibility index (Phi) is 7.52. The normalized spacial score (nSPS) is 36.6. The summed E-state index contributed by atoms with van der Waals surface area (Å²) >= 11 is 4.13. The van der Waals surface area contributed by atoms with Crippen molar-refractivity contribution in [2.24, 2.45) is 5.92 Å². The number of hydrogen-bond donors (Lipinski definition) is 5. The summed E-state index contributed by atoms with van der Waals surface area (Å²) < 4.78 is 64.4. The highest BCUT2D eigenvalue weighted by atomic mass is 32.7. The third-order valence-corrected chi connectivity index (χ3v) is 10.1. The Hall–Kier alpha value is -2.97. The van der Waals surface area contributed by atoms with E-state index >= 15 is 0 Å². The van der Waals surface area contributed by atoms with Crippen LogP contribution in [-0.2, 0) is 36.7 Å². The maximum absolute atomic E-state index is 13.5. The van der Waals surface area contributed by atoms with Gasteiger partial charge in [0.1, 0.15) is 48.6 Å². The Morgan fingerprint density at radius 3 is 2.57 bits per heavy atom. The van der Waals surface area contributed by atoms with Crippen LogP contribution in [-0.4, -0.2) is 87.9 Å². The Morgan fingerprint density at radius 2 is 1.77 bits per heavy atom. The van der Waals surface area contributed by atoms with E-state index in [0.717, 1.165) is 0 Å². The lowest BCUT2D eigenvalue weighted by atomic mass is 10.0. The Morgan fingerprint density at radius 1 is 1.05 bits per heavy atom. The van der Waals surface area contributed by atoms with Gasteiger partial charge in [-0.3, -0.25) is 32.5 Å². The number of hydrogen-bond acceptors (Lipinski definition) is 17. The third kappa shape index (κ3) is 5.12. The predicted octanol–water partition coefficient (Wildman–Crippen LogP) is 0.160. The van der Waals surface area contributed by atoms with E-state index in [-0.39, 0.29) is 29.5 Å². The molecule has 0 aliphatic carbocycles. The molecule has 0 amide bonds. The van der Waals surface area contributed by atoms with Crippen LogP contribution in [0.4, 0.5) is 11.8 Å². The van der Waals surface area contributed by atoms with E-state index in [1.807, 2.05) is 0 Å². The summed E-state index contributed by atoms with van der Waals surface area (Å²) in [6.07, 6.45) is -3.85. The van der Waals surface area contributed by atoms with Gasteiger partial charge in [-0.15, -0.1) is 0 Å². The van der Waals surface area contributed by atoms with Gasteiger partial charge in [-0.2, -0.15) is 4.98 Å². The quantitative estimate of drug-likeness (QED) is 0.140. The summed E-state index contributed by atoms with van der Waals surface area (Å²) in [4.78, 5) is 35.3. The van der Waals surface area contributed by atoms with Crippen molar-refractivity contribution in [2.45, 2.75) is 49.9 Å². The average molecular weight is 673 g/mol. The molecule has 4 aromatic rings. The molecule has 20 nitrogen and oxygen atoms in total. The van der Waals surface area contributed by atoms with Crippen LogP contribution in [0.2, 0.25) is 0 Å². The maximum Gasteiger partial charge on any atom is 0.386 e. The zero-order valence-corrected chi connectivity index (χ0v) is 25.4. The maximum atomic E-state index is 13.5. The van der Waals surface area contributed by atoms with Crippen LogP contribution in [0.25, 0.3) is 22.3 Å². The third-order valence-electron chi connectivity index (χ3n) is 7.60. The average Bonchev–Trinajstić information content (AvgIpc) is 3.72. The number of aliphatic hydroxyl groups is 1. The molecule has 3 saturated heterocycles. The van der Waals surface area contributed by atoms with E-state index in [1.165, 1.54) is 23.5 Å². The number of fused-ring (bicyclic) bond motifs is 5. The van der Waals surface area contributed by atoms with Crippen LogP contribution in [0.5, 0.6) is 0 Å². The second-order valence-corrected chi connectivity index (χ2v) is 14.2. The first-order valence-corrected chi connectivity index (χ1v) is 17.1. The molecule has 0 spiro atoms. The lowest BCUT2D eigenvalue weighted by Gasteiger charge is -2.26. The van der Waals surface area contributed by atoms with Gasteiger partial charge in [0.25, 0.3) is 5.56 Å². The first-order valence-electron chi connectivity index (χ1n) is 13.1. The number of nitrogens with one attached hydrogen (secondary N) is 1. The molecule has 6 N–H and O–H groups in total. The molecule has 10 atom stereocenters. The monoisotopic (exact) mass is 672 g/mol. The lowest BCUT2D eigenvalue weighted by Crippen LogP contribution is -2.35. The molecular weight excluding hydrogens is 646 g/mol. The van der Waals surface area contributed by atoms with E-state index < -0.39 is 76.1 Å². The van der Waals surface area contributed by atoms with Crippen LogP contribution >= 0.6 is 27.3 Å². The number of anilines is 2. The van der Waals surface area contributed by atoms with Crippen molar-refractivity contribution in [3.05, 3.63) is 29.3 Å². The van der Waals surface area contributed by atoms with Crippen molar-refractivity contribution in [2.75, 3.05) is 24.7 Å². The molecule has 23 heteroatoms. The zero-order chi connectivity index (χ0) is 30.9. The molecule has 3 fully saturated rings. The molecule has 0 saturated carbocycles. The van der Waals surface area contributed by atoms with Crippen LogP contribution < -0.4 is 17.0 Å². The lowest BCUT2D eigenvalue weighted by molar-refractivity contribution is -0.0562. The number of thiol groups is 1. The van der Waals surface area contributed by atoms with E-state index in [2.05, 4.69) is 42.2 Å². The van der Waals surface area contributed by atoms with Crippen molar-refractivity contribution in [1.82, 2.24) is 39.0 Å². The first-order chi connectivity index (χ1) is 21.0. The number of ether oxygens (including phenoxy) is 2. The minimum atomic E-state index is -4.26. The molecule has 0 aromatic carbocycles. The number of imidazole rings is 2. The van der Waals surface area contributed by atoms with Gasteiger partial charge >= 0.3 is 15.1 Å². The Labute approximate surface area is 252 Å². The summed E-state index contributed by atoms with van der Waals surface area (Å²) in [6, 6.07) is 0. The zero-order valence-electron chi connectivity index (χ0n) is 22.6. The molecule has 7 heterocycles. The van der Waals surface area contributed by atoms with Gasteiger partial charge in [0.15, 0.2) is 28.9 Å². The number of nitrogens with zero attached hydrogens (tertiary/aromatic N) is 7. The van der Waals surface area contributed by atoms with Crippen molar-refractivity contribution in [3.63, 3.8) is 0 Å². The van der Waals surface area contributed by atoms with Gasteiger partial charge in [0.05, 0.1) is 25.9 Å². The topological polar surface area (TPSA) is 269 Å². The fraction of sp³-hybridized carbons (Fsp3) is 0.524. The highest BCUT2D eigenvalue weighted by Crippen LogP contribution is 2.57. The van der Waals surface area contributed by atoms with Crippen molar-refractivity contribution < 1.29 is 41.8 Å². The summed E-state index contributed by atoms with van der Waals surface area (Å²) in [6.45, 7) is -3.26. The highest BCUT2D eigenvalue weighted by Gasteiger charge is 2.51. The molecule has 236 valence electrons. The SMILES string of the molecule is C[C@@H]1[C@@H]2O[PH](=O)OCC3O[C@@H](n4cnc5c(=O)[nH]c(N)nc54)[C@H](O[P@](=O)(S)OC[C@H]2O[C@H]1n1cnc2c(N)ncnc21)[C@@H]3O. The largest absolute Gasteiger partial charge is 0.387 e. The highest BCUT2D eigenvalue weighted by molar-refractivity contribution is 8.44. The molecule has 3 aliphatic heterocycles. The number of nitrogens with two attached hydrogens (primary N) is 2. The number of aromatic amines is 1. The fourth-order valence-corrected chi connectivity index (χ4v) is 7.96. The van der Waals surface area contributed by atoms with Crippen LogP contribution in [0.3, 0.4) is 0 Å². The molecule has 2 unspecified atom stereocenters. The fourth-order valence-electron chi connectivity index (χ4n) is 5.54. The molecule has 0 radical (unpaired) electrons. The number of rotatable bonds is 2. The minimum Gasteiger partial charge on any atom is -0.387 e. The van der Waals surface area contributed by atoms with Gasteiger partial charge in [-0.05, 0) is 0 Å². The first kappa shape index (κ1) is 29.7. The van der Waals surface area contributed by atoms with E-state index in [4.69, 9.17) is 39.0 Å². The molecule has 2 bridgehead atoms. The van der Waals surface area contributed by atoms with Crippen LogP contribution in [0.1, 0.15) is 19.4 Å². The summed E-state index contributed by atoms with van der Waals surface area (Å²) in [5.74, 6) is -0.486. The van der Waals surface area contributed by atoms with Gasteiger partial charge in [-0.25, -0.2) is 24.5 Å². The van der Waals surface area contributed by atoms with Crippen molar-refractivity contribution in [1.29, 1.82) is 0 Å². The summed E-state index contributed by atoms with van der Waals surface area (Å²) in [5.41, 5.74) is 11.7. The number of H-pyrrole nitrogens is 1. The Bertz CT molecular complexity index is 1870. The van der Waals surface area contributed by atoms with E-state index in [9.17, 15) is 19.0 Å².